The molecule has 1 atom stereocenters. The van der Waals surface area contributed by atoms with Crippen LogP contribution in [-0.4, -0.2) is 21.4 Å². The highest BCUT2D eigenvalue weighted by atomic mass is 16.3. The van der Waals surface area contributed by atoms with Crippen LogP contribution in [0.3, 0.4) is 0 Å². The van der Waals surface area contributed by atoms with Gasteiger partial charge in [-0.2, -0.15) is 0 Å². The van der Waals surface area contributed by atoms with Crippen molar-refractivity contribution in [3.8, 4) is 0 Å². The van der Waals surface area contributed by atoms with Crippen molar-refractivity contribution in [3.05, 3.63) is 92.9 Å². The first-order valence-electron chi connectivity index (χ1n) is 9.12. The van der Waals surface area contributed by atoms with Gasteiger partial charge in [0.05, 0.1) is 6.10 Å². The van der Waals surface area contributed by atoms with Gasteiger partial charge >= 0.3 is 0 Å². The first-order valence-corrected chi connectivity index (χ1v) is 9.12. The van der Waals surface area contributed by atoms with E-state index in [0.717, 1.165) is 27.9 Å². The molecule has 0 aliphatic rings. The Morgan fingerprint density at radius 3 is 2.04 bits per heavy atom. The summed E-state index contributed by atoms with van der Waals surface area (Å²) in [6.45, 7) is 4.14. The van der Waals surface area contributed by atoms with Crippen LogP contribution in [0.4, 0.5) is 0 Å². The Balaban J connectivity index is 1.64. The number of H-pyrrole nitrogens is 2. The molecule has 136 valence electrons. The minimum absolute atomic E-state index is 0.0453. The maximum atomic E-state index is 12.0. The fourth-order valence-electron chi connectivity index (χ4n) is 3.29. The number of hydrogen-bond donors (Lipinski definition) is 3. The topological polar surface area (TPSA) is 68.9 Å². The molecule has 26 heavy (non-hydrogen) atoms. The van der Waals surface area contributed by atoms with E-state index in [-0.39, 0.29) is 11.5 Å². The molecule has 1 unspecified atom stereocenters. The zero-order valence-electron chi connectivity index (χ0n) is 15.3. The largest absolute Gasteiger partial charge is 0.392 e. The van der Waals surface area contributed by atoms with Crippen LogP contribution in [0.15, 0.2) is 59.4 Å². The van der Waals surface area contributed by atoms with Crippen LogP contribution in [0.5, 0.6) is 0 Å². The molecule has 1 heterocycles. The predicted molar refractivity (Wildman–Crippen MR) is 105 cm³/mol. The van der Waals surface area contributed by atoms with Gasteiger partial charge in [0, 0.05) is 17.7 Å². The van der Waals surface area contributed by atoms with Crippen LogP contribution < -0.4 is 5.56 Å². The molecule has 1 aromatic heterocycles. The van der Waals surface area contributed by atoms with Crippen molar-refractivity contribution in [2.75, 3.05) is 0 Å². The maximum Gasteiger partial charge on any atom is 0.267 e. The second-order valence-electron chi connectivity index (χ2n) is 7.17. The molecule has 0 saturated carbocycles. The molecule has 0 amide bonds. The molecule has 4 heteroatoms. The summed E-state index contributed by atoms with van der Waals surface area (Å²) < 4.78 is 0. The highest BCUT2D eigenvalue weighted by Crippen LogP contribution is 2.18. The third-order valence-electron chi connectivity index (χ3n) is 4.68. The SMILES string of the molecule is CC(C)c1[nH][nH]c(=O)c1Cc1ccc(CC(O)Cc2ccccc2)cc1. The maximum absolute atomic E-state index is 12.0. The van der Waals surface area contributed by atoms with Crippen LogP contribution in [-0.2, 0) is 19.3 Å². The van der Waals surface area contributed by atoms with Crippen molar-refractivity contribution in [3.63, 3.8) is 0 Å². The second kappa shape index (κ2) is 8.19. The van der Waals surface area contributed by atoms with E-state index in [4.69, 9.17) is 0 Å². The lowest BCUT2D eigenvalue weighted by Crippen LogP contribution is -2.14. The summed E-state index contributed by atoms with van der Waals surface area (Å²) >= 11 is 0. The van der Waals surface area contributed by atoms with Crippen LogP contribution in [0.25, 0.3) is 0 Å². The van der Waals surface area contributed by atoms with Crippen molar-refractivity contribution in [2.24, 2.45) is 0 Å². The first-order chi connectivity index (χ1) is 12.5. The summed E-state index contributed by atoms with van der Waals surface area (Å²) in [4.78, 5) is 12.0. The van der Waals surface area contributed by atoms with E-state index in [1.165, 1.54) is 0 Å². The molecule has 0 saturated heterocycles. The number of aromatic nitrogens is 2. The van der Waals surface area contributed by atoms with Gasteiger partial charge in [0.2, 0.25) is 0 Å². The van der Waals surface area contributed by atoms with Crippen molar-refractivity contribution in [1.29, 1.82) is 0 Å². The summed E-state index contributed by atoms with van der Waals surface area (Å²) in [7, 11) is 0. The van der Waals surface area contributed by atoms with E-state index >= 15 is 0 Å². The molecule has 2 aromatic carbocycles. The number of aromatic amines is 2. The van der Waals surface area contributed by atoms with Gasteiger partial charge in [-0.15, -0.1) is 0 Å². The molecule has 0 radical (unpaired) electrons. The summed E-state index contributed by atoms with van der Waals surface area (Å²) in [5, 5.41) is 16.0. The third kappa shape index (κ3) is 4.52. The van der Waals surface area contributed by atoms with Gasteiger partial charge in [-0.1, -0.05) is 68.4 Å². The quantitative estimate of drug-likeness (QED) is 0.610. The monoisotopic (exact) mass is 350 g/mol. The Morgan fingerprint density at radius 1 is 0.846 bits per heavy atom. The molecule has 0 spiro atoms. The summed E-state index contributed by atoms with van der Waals surface area (Å²) in [5.41, 5.74) is 5.07. The molecule has 3 rings (SSSR count). The first kappa shape index (κ1) is 18.2. The fraction of sp³-hybridized carbons (Fsp3) is 0.318. The highest BCUT2D eigenvalue weighted by molar-refractivity contribution is 5.31. The zero-order chi connectivity index (χ0) is 18.5. The lowest BCUT2D eigenvalue weighted by Gasteiger charge is -2.11. The average molecular weight is 350 g/mol. The van der Waals surface area contributed by atoms with Crippen LogP contribution in [0.1, 0.15) is 47.7 Å². The number of nitrogens with one attached hydrogen (secondary N) is 2. The highest BCUT2D eigenvalue weighted by Gasteiger charge is 2.13. The Labute approximate surface area is 153 Å². The predicted octanol–water partition coefficient (Wildman–Crippen LogP) is 3.56. The Hall–Kier alpha value is -2.59. The fourth-order valence-corrected chi connectivity index (χ4v) is 3.29. The molecule has 0 aliphatic carbocycles. The van der Waals surface area contributed by atoms with Crippen molar-refractivity contribution in [2.45, 2.75) is 45.1 Å². The van der Waals surface area contributed by atoms with Gasteiger partial charge in [-0.05, 0) is 35.4 Å². The van der Waals surface area contributed by atoms with E-state index in [9.17, 15) is 9.90 Å². The lowest BCUT2D eigenvalue weighted by atomic mass is 9.97. The molecule has 3 aromatic rings. The molecule has 0 aliphatic heterocycles. The van der Waals surface area contributed by atoms with Crippen molar-refractivity contribution < 1.29 is 5.11 Å². The van der Waals surface area contributed by atoms with E-state index in [2.05, 4.69) is 24.0 Å². The Bertz CT molecular complexity index is 877. The van der Waals surface area contributed by atoms with Crippen molar-refractivity contribution >= 4 is 0 Å². The molecule has 3 N–H and O–H groups in total. The van der Waals surface area contributed by atoms with Crippen LogP contribution >= 0.6 is 0 Å². The average Bonchev–Trinajstić information content (AvgIpc) is 2.98. The number of benzene rings is 2. The van der Waals surface area contributed by atoms with E-state index in [1.807, 2.05) is 54.6 Å². The van der Waals surface area contributed by atoms with Crippen LogP contribution in [0.2, 0.25) is 0 Å². The number of aliphatic hydroxyl groups excluding tert-OH is 1. The van der Waals surface area contributed by atoms with Gasteiger partial charge in [-0.25, -0.2) is 0 Å². The molecule has 4 nitrogen and oxygen atoms in total. The van der Waals surface area contributed by atoms with E-state index in [1.54, 1.807) is 0 Å². The third-order valence-corrected chi connectivity index (χ3v) is 4.68. The number of aliphatic hydroxyl groups is 1. The zero-order valence-corrected chi connectivity index (χ0v) is 15.3. The summed E-state index contributed by atoms with van der Waals surface area (Å²) in [5.74, 6) is 0.274. The summed E-state index contributed by atoms with van der Waals surface area (Å²) in [6.07, 6.45) is 1.48. The minimum atomic E-state index is -0.400. The van der Waals surface area contributed by atoms with Gasteiger partial charge in [0.25, 0.3) is 5.56 Å². The molecular formula is C22H26N2O2. The number of hydrogen-bond acceptors (Lipinski definition) is 2. The van der Waals surface area contributed by atoms with E-state index in [0.29, 0.717) is 19.3 Å². The Morgan fingerprint density at radius 2 is 1.42 bits per heavy atom. The van der Waals surface area contributed by atoms with E-state index < -0.39 is 6.10 Å². The van der Waals surface area contributed by atoms with Gasteiger partial charge in [-0.3, -0.25) is 9.89 Å². The molecular weight excluding hydrogens is 324 g/mol. The van der Waals surface area contributed by atoms with Gasteiger partial charge in [0.15, 0.2) is 0 Å². The Kier molecular flexibility index (Phi) is 5.74. The minimum Gasteiger partial charge on any atom is -0.392 e. The van der Waals surface area contributed by atoms with Gasteiger partial charge < -0.3 is 10.2 Å². The standard InChI is InChI=1S/C22H26N2O2/c1-15(2)21-20(22(26)24-23-21)14-18-10-8-17(9-11-18)13-19(25)12-16-6-4-3-5-7-16/h3-11,15,19,25H,12-14H2,1-2H3,(H2,23,24,26). The molecule has 0 fully saturated rings. The number of rotatable bonds is 7. The van der Waals surface area contributed by atoms with Crippen LogP contribution in [0, 0.1) is 0 Å². The normalized spacial score (nSPS) is 12.5. The smallest absolute Gasteiger partial charge is 0.267 e. The van der Waals surface area contributed by atoms with Crippen molar-refractivity contribution in [1.82, 2.24) is 10.2 Å². The van der Waals surface area contributed by atoms with Gasteiger partial charge in [0.1, 0.15) is 0 Å². The summed E-state index contributed by atoms with van der Waals surface area (Å²) in [6, 6.07) is 18.2. The lowest BCUT2D eigenvalue weighted by molar-refractivity contribution is 0.175. The second-order valence-corrected chi connectivity index (χ2v) is 7.17. The molecule has 0 bridgehead atoms.